The Labute approximate surface area is 130 Å². The third-order valence-electron chi connectivity index (χ3n) is 5.75. The summed E-state index contributed by atoms with van der Waals surface area (Å²) in [6.45, 7) is 15.7. The maximum absolute atomic E-state index is 6.09. The summed E-state index contributed by atoms with van der Waals surface area (Å²) in [4.78, 5) is 0. The van der Waals surface area contributed by atoms with E-state index in [4.69, 9.17) is 4.74 Å². The molecule has 0 spiro atoms. The lowest BCUT2D eigenvalue weighted by molar-refractivity contribution is 0.0477. The van der Waals surface area contributed by atoms with Crippen LogP contribution >= 0.6 is 0 Å². The van der Waals surface area contributed by atoms with Gasteiger partial charge in [-0.1, -0.05) is 13.0 Å². The van der Waals surface area contributed by atoms with Crippen LogP contribution in [0.1, 0.15) is 54.6 Å². The monoisotopic (exact) mass is 289 g/mol. The molecule has 1 fully saturated rings. The van der Waals surface area contributed by atoms with Crippen LogP contribution in [0, 0.1) is 39.5 Å². The standard InChI is InChI=1S/C19H31NO/c1-10-9-11(2)13(4)17(12(10)3)19(20-8)18-14(5)15(6)21-16(18)7/h9,14-16,18-20H,1-8H3. The smallest absolute Gasteiger partial charge is 0.0600 e. The number of aryl methyl sites for hydroxylation is 2. The Bertz CT molecular complexity index is 497. The summed E-state index contributed by atoms with van der Waals surface area (Å²) in [5.41, 5.74) is 7.12. The molecule has 0 aliphatic carbocycles. The summed E-state index contributed by atoms with van der Waals surface area (Å²) in [5, 5.41) is 3.60. The molecule has 118 valence electrons. The van der Waals surface area contributed by atoms with Gasteiger partial charge in [-0.2, -0.15) is 0 Å². The lowest BCUT2D eigenvalue weighted by Gasteiger charge is -2.32. The molecule has 1 aliphatic rings. The summed E-state index contributed by atoms with van der Waals surface area (Å²) >= 11 is 0. The Hall–Kier alpha value is -0.860. The van der Waals surface area contributed by atoms with E-state index in [1.54, 1.807) is 0 Å². The van der Waals surface area contributed by atoms with Gasteiger partial charge in [0, 0.05) is 12.0 Å². The highest BCUT2D eigenvalue weighted by Gasteiger charge is 2.42. The molecule has 0 aromatic heterocycles. The van der Waals surface area contributed by atoms with E-state index in [1.165, 1.54) is 27.8 Å². The van der Waals surface area contributed by atoms with Crippen molar-refractivity contribution in [2.75, 3.05) is 7.05 Å². The fourth-order valence-corrected chi connectivity index (χ4v) is 4.11. The summed E-state index contributed by atoms with van der Waals surface area (Å²) in [5.74, 6) is 1.08. The van der Waals surface area contributed by atoms with Gasteiger partial charge in [0.25, 0.3) is 0 Å². The molecule has 1 aromatic carbocycles. The second-order valence-electron chi connectivity index (χ2n) is 6.92. The van der Waals surface area contributed by atoms with Gasteiger partial charge in [-0.05, 0) is 82.3 Å². The van der Waals surface area contributed by atoms with Crippen LogP contribution < -0.4 is 5.32 Å². The first-order valence-electron chi connectivity index (χ1n) is 8.19. The predicted molar refractivity (Wildman–Crippen MR) is 89.9 cm³/mol. The Kier molecular flexibility index (Phi) is 4.79. The van der Waals surface area contributed by atoms with Crippen molar-refractivity contribution in [3.8, 4) is 0 Å². The molecule has 2 rings (SSSR count). The first kappa shape index (κ1) is 16.5. The molecule has 21 heavy (non-hydrogen) atoms. The number of rotatable bonds is 3. The number of benzene rings is 1. The molecule has 0 saturated carbocycles. The highest BCUT2D eigenvalue weighted by molar-refractivity contribution is 5.46. The van der Waals surface area contributed by atoms with Gasteiger partial charge in [-0.25, -0.2) is 0 Å². The van der Waals surface area contributed by atoms with Crippen LogP contribution in [0.25, 0.3) is 0 Å². The van der Waals surface area contributed by atoms with Crippen LogP contribution in [-0.4, -0.2) is 19.3 Å². The molecule has 1 heterocycles. The molecule has 0 radical (unpaired) electrons. The Morgan fingerprint density at radius 2 is 1.48 bits per heavy atom. The normalized spacial score (nSPS) is 30.7. The zero-order valence-electron chi connectivity index (χ0n) is 14.9. The van der Waals surface area contributed by atoms with E-state index in [9.17, 15) is 0 Å². The molecule has 0 bridgehead atoms. The summed E-state index contributed by atoms with van der Waals surface area (Å²) in [6, 6.07) is 2.67. The van der Waals surface area contributed by atoms with Crippen LogP contribution in [-0.2, 0) is 4.74 Å². The molecular weight excluding hydrogens is 258 g/mol. The van der Waals surface area contributed by atoms with E-state index < -0.39 is 0 Å². The van der Waals surface area contributed by atoms with Crippen molar-refractivity contribution in [1.29, 1.82) is 0 Å². The molecule has 2 nitrogen and oxygen atoms in total. The minimum Gasteiger partial charge on any atom is -0.375 e. The fourth-order valence-electron chi connectivity index (χ4n) is 4.11. The second-order valence-corrected chi connectivity index (χ2v) is 6.92. The van der Waals surface area contributed by atoms with E-state index >= 15 is 0 Å². The molecule has 0 amide bonds. The van der Waals surface area contributed by atoms with Crippen LogP contribution in [0.2, 0.25) is 0 Å². The fraction of sp³-hybridized carbons (Fsp3) is 0.684. The average molecular weight is 289 g/mol. The van der Waals surface area contributed by atoms with Crippen molar-refractivity contribution in [1.82, 2.24) is 5.32 Å². The average Bonchev–Trinajstić information content (AvgIpc) is 2.67. The largest absolute Gasteiger partial charge is 0.375 e. The molecule has 2 heteroatoms. The molecular formula is C19H31NO. The third-order valence-corrected chi connectivity index (χ3v) is 5.75. The summed E-state index contributed by atoms with van der Waals surface area (Å²) in [6.07, 6.45) is 0.638. The van der Waals surface area contributed by atoms with Gasteiger partial charge in [-0.3, -0.25) is 0 Å². The van der Waals surface area contributed by atoms with Gasteiger partial charge in [0.05, 0.1) is 12.2 Å². The molecule has 5 atom stereocenters. The number of hydrogen-bond donors (Lipinski definition) is 1. The first-order valence-corrected chi connectivity index (χ1v) is 8.19. The maximum atomic E-state index is 6.09. The molecule has 1 saturated heterocycles. The van der Waals surface area contributed by atoms with Crippen LogP contribution in [0.15, 0.2) is 6.07 Å². The van der Waals surface area contributed by atoms with Gasteiger partial charge in [0.15, 0.2) is 0 Å². The lowest BCUT2D eigenvalue weighted by Crippen LogP contribution is -2.34. The minimum absolute atomic E-state index is 0.298. The van der Waals surface area contributed by atoms with Crippen molar-refractivity contribution in [3.05, 3.63) is 33.9 Å². The van der Waals surface area contributed by atoms with Gasteiger partial charge in [-0.15, -0.1) is 0 Å². The molecule has 1 N–H and O–H groups in total. The second kappa shape index (κ2) is 6.10. The number of nitrogens with one attached hydrogen (secondary N) is 1. The van der Waals surface area contributed by atoms with Crippen LogP contribution in [0.5, 0.6) is 0 Å². The van der Waals surface area contributed by atoms with Crippen molar-refractivity contribution < 1.29 is 4.74 Å². The SMILES string of the molecule is CNC(c1c(C)c(C)cc(C)c1C)C1C(C)OC(C)C1C. The van der Waals surface area contributed by atoms with E-state index in [0.29, 0.717) is 30.1 Å². The van der Waals surface area contributed by atoms with E-state index in [0.717, 1.165) is 0 Å². The van der Waals surface area contributed by atoms with E-state index in [-0.39, 0.29) is 0 Å². The van der Waals surface area contributed by atoms with Gasteiger partial charge in [0.2, 0.25) is 0 Å². The highest BCUT2D eigenvalue weighted by Crippen LogP contribution is 2.42. The van der Waals surface area contributed by atoms with Crippen molar-refractivity contribution >= 4 is 0 Å². The first-order chi connectivity index (χ1) is 9.79. The topological polar surface area (TPSA) is 21.3 Å². The molecule has 1 aliphatic heterocycles. The zero-order valence-corrected chi connectivity index (χ0v) is 14.9. The quantitative estimate of drug-likeness (QED) is 0.898. The van der Waals surface area contributed by atoms with Crippen LogP contribution in [0.3, 0.4) is 0 Å². The predicted octanol–water partition coefficient (Wildman–Crippen LogP) is 4.24. The maximum Gasteiger partial charge on any atom is 0.0600 e. The molecule has 5 unspecified atom stereocenters. The van der Waals surface area contributed by atoms with Gasteiger partial charge in [0.1, 0.15) is 0 Å². The Morgan fingerprint density at radius 1 is 0.952 bits per heavy atom. The van der Waals surface area contributed by atoms with Crippen molar-refractivity contribution in [2.45, 2.75) is 66.7 Å². The van der Waals surface area contributed by atoms with E-state index in [1.807, 2.05) is 0 Å². The summed E-state index contributed by atoms with van der Waals surface area (Å²) in [7, 11) is 2.09. The summed E-state index contributed by atoms with van der Waals surface area (Å²) < 4.78 is 6.09. The van der Waals surface area contributed by atoms with Crippen LogP contribution in [0.4, 0.5) is 0 Å². The third kappa shape index (κ3) is 2.76. The number of hydrogen-bond acceptors (Lipinski definition) is 2. The van der Waals surface area contributed by atoms with Gasteiger partial charge >= 0.3 is 0 Å². The van der Waals surface area contributed by atoms with Crippen molar-refractivity contribution in [3.63, 3.8) is 0 Å². The highest BCUT2D eigenvalue weighted by atomic mass is 16.5. The van der Waals surface area contributed by atoms with E-state index in [2.05, 4.69) is 66.9 Å². The van der Waals surface area contributed by atoms with Gasteiger partial charge < -0.3 is 10.1 Å². The number of ether oxygens (including phenoxy) is 1. The Morgan fingerprint density at radius 3 is 1.86 bits per heavy atom. The van der Waals surface area contributed by atoms with Crippen molar-refractivity contribution in [2.24, 2.45) is 11.8 Å². The lowest BCUT2D eigenvalue weighted by atomic mass is 9.77. The minimum atomic E-state index is 0.298. The Balaban J connectivity index is 2.53. The zero-order chi connectivity index (χ0) is 15.9. The molecule has 1 aromatic rings.